The van der Waals surface area contributed by atoms with Gasteiger partial charge in [-0.1, -0.05) is 47.5 Å². The largest absolute Gasteiger partial charge is 0.466 e. The first kappa shape index (κ1) is 23.2. The molecule has 156 valence electrons. The maximum absolute atomic E-state index is 12.0. The Bertz CT molecular complexity index is 824. The van der Waals surface area contributed by atoms with E-state index in [0.29, 0.717) is 29.5 Å². The quantitative estimate of drug-likeness (QED) is 0.539. The van der Waals surface area contributed by atoms with E-state index in [2.05, 4.69) is 5.32 Å². The zero-order chi connectivity index (χ0) is 21.2. The number of halogens is 2. The summed E-state index contributed by atoms with van der Waals surface area (Å²) in [5.41, 5.74) is 2.73. The molecule has 2 aromatic carbocycles. The van der Waals surface area contributed by atoms with E-state index in [-0.39, 0.29) is 37.4 Å². The summed E-state index contributed by atoms with van der Waals surface area (Å²) in [5, 5.41) is 13.0. The first-order valence-electron chi connectivity index (χ1n) is 9.53. The van der Waals surface area contributed by atoms with E-state index < -0.39 is 0 Å². The fourth-order valence-electron chi connectivity index (χ4n) is 2.96. The number of amides is 1. The first-order chi connectivity index (χ1) is 13.9. The van der Waals surface area contributed by atoms with Crippen LogP contribution in [-0.4, -0.2) is 36.2 Å². The number of aliphatic hydroxyl groups is 1. The van der Waals surface area contributed by atoms with Crippen molar-refractivity contribution in [1.29, 1.82) is 0 Å². The van der Waals surface area contributed by atoms with E-state index in [1.165, 1.54) is 0 Å². The molecular formula is C22H25Cl2NO4. The van der Waals surface area contributed by atoms with Crippen LogP contribution < -0.4 is 5.32 Å². The molecule has 0 heterocycles. The Morgan fingerprint density at radius 1 is 1.14 bits per heavy atom. The molecule has 1 amide bonds. The van der Waals surface area contributed by atoms with Crippen molar-refractivity contribution in [3.05, 3.63) is 58.1 Å². The van der Waals surface area contributed by atoms with Crippen molar-refractivity contribution in [2.24, 2.45) is 0 Å². The molecule has 1 atom stereocenters. The lowest BCUT2D eigenvalue weighted by molar-refractivity contribution is -0.143. The molecule has 0 bridgehead atoms. The third kappa shape index (κ3) is 7.69. The van der Waals surface area contributed by atoms with Crippen LogP contribution in [-0.2, 0) is 20.7 Å². The molecule has 29 heavy (non-hydrogen) atoms. The topological polar surface area (TPSA) is 75.6 Å². The highest BCUT2D eigenvalue weighted by Gasteiger charge is 2.18. The molecule has 0 fully saturated rings. The predicted octanol–water partition coefficient (Wildman–Crippen LogP) is 4.41. The van der Waals surface area contributed by atoms with Crippen molar-refractivity contribution >= 4 is 35.1 Å². The summed E-state index contributed by atoms with van der Waals surface area (Å²) in [6.07, 6.45) is 1.16. The van der Waals surface area contributed by atoms with Gasteiger partial charge >= 0.3 is 5.97 Å². The van der Waals surface area contributed by atoms with Crippen LogP contribution in [0, 0.1) is 0 Å². The molecule has 0 aliphatic carbocycles. The third-order valence-corrected chi connectivity index (χ3v) is 4.89. The molecule has 0 aliphatic rings. The zero-order valence-corrected chi connectivity index (χ0v) is 17.8. The van der Waals surface area contributed by atoms with Crippen LogP contribution in [0.1, 0.15) is 31.7 Å². The van der Waals surface area contributed by atoms with Crippen LogP contribution in [0.3, 0.4) is 0 Å². The lowest BCUT2D eigenvalue weighted by Crippen LogP contribution is -2.38. The monoisotopic (exact) mass is 437 g/mol. The summed E-state index contributed by atoms with van der Waals surface area (Å²) in [6.45, 7) is 1.98. The number of aliphatic hydroxyl groups excluding tert-OH is 1. The van der Waals surface area contributed by atoms with Gasteiger partial charge in [0.25, 0.3) is 0 Å². The van der Waals surface area contributed by atoms with Crippen molar-refractivity contribution in [3.63, 3.8) is 0 Å². The second-order valence-corrected chi connectivity index (χ2v) is 7.47. The minimum atomic E-state index is -0.388. The average Bonchev–Trinajstić information content (AvgIpc) is 2.69. The Labute approximate surface area is 181 Å². The van der Waals surface area contributed by atoms with E-state index in [1.54, 1.807) is 19.1 Å². The van der Waals surface area contributed by atoms with E-state index in [9.17, 15) is 9.59 Å². The van der Waals surface area contributed by atoms with E-state index >= 15 is 0 Å². The van der Waals surface area contributed by atoms with E-state index in [1.807, 2.05) is 30.3 Å². The molecule has 0 spiro atoms. The molecule has 0 aromatic heterocycles. The summed E-state index contributed by atoms with van der Waals surface area (Å²) in [7, 11) is 0. The van der Waals surface area contributed by atoms with Gasteiger partial charge in [-0.2, -0.15) is 0 Å². The molecule has 5 nitrogen and oxygen atoms in total. The standard InChI is InChI=1S/C22H25Cl2NO4/c1-2-29-22(28)14-18(25-21(27)4-3-11-26)12-15-5-7-16(8-6-15)19-13-17(23)9-10-20(19)24/h5-10,13,18,26H,2-4,11-12,14H2,1H3,(H,25,27). The van der Waals surface area contributed by atoms with Crippen molar-refractivity contribution in [1.82, 2.24) is 5.32 Å². The molecule has 0 radical (unpaired) electrons. The first-order valence-corrected chi connectivity index (χ1v) is 10.3. The summed E-state index contributed by atoms with van der Waals surface area (Å²) in [6, 6.07) is 12.6. The van der Waals surface area contributed by atoms with Crippen LogP contribution in [0.2, 0.25) is 10.0 Å². The van der Waals surface area contributed by atoms with Crippen LogP contribution >= 0.6 is 23.2 Å². The van der Waals surface area contributed by atoms with Crippen LogP contribution in [0.5, 0.6) is 0 Å². The number of benzene rings is 2. The number of carbonyl (C=O) groups is 2. The number of rotatable bonds is 10. The SMILES string of the molecule is CCOC(=O)CC(Cc1ccc(-c2cc(Cl)ccc2Cl)cc1)NC(=O)CCCO. The van der Waals surface area contributed by atoms with Gasteiger partial charge in [0.2, 0.25) is 5.91 Å². The van der Waals surface area contributed by atoms with Gasteiger partial charge < -0.3 is 15.2 Å². The molecule has 0 saturated heterocycles. The molecule has 2 aromatic rings. The Kier molecular flexibility index (Phi) is 9.45. The van der Waals surface area contributed by atoms with Crippen LogP contribution in [0.15, 0.2) is 42.5 Å². The van der Waals surface area contributed by atoms with Crippen LogP contribution in [0.25, 0.3) is 11.1 Å². The van der Waals surface area contributed by atoms with E-state index in [0.717, 1.165) is 16.7 Å². The van der Waals surface area contributed by atoms with Gasteiger partial charge in [-0.05, 0) is 49.1 Å². The fraction of sp³-hybridized carbons (Fsp3) is 0.364. The number of esters is 1. The number of carbonyl (C=O) groups excluding carboxylic acids is 2. The molecule has 7 heteroatoms. The minimum Gasteiger partial charge on any atom is -0.466 e. The van der Waals surface area contributed by atoms with Crippen molar-refractivity contribution in [3.8, 4) is 11.1 Å². The van der Waals surface area contributed by atoms with Gasteiger partial charge in [-0.3, -0.25) is 9.59 Å². The number of hydrogen-bond acceptors (Lipinski definition) is 4. The summed E-state index contributed by atoms with van der Waals surface area (Å²) in [4.78, 5) is 24.0. The number of ether oxygens (including phenoxy) is 1. The Morgan fingerprint density at radius 3 is 2.52 bits per heavy atom. The Morgan fingerprint density at radius 2 is 1.86 bits per heavy atom. The molecule has 0 saturated carbocycles. The summed E-state index contributed by atoms with van der Waals surface area (Å²) < 4.78 is 5.02. The van der Waals surface area contributed by atoms with Gasteiger partial charge in [0.05, 0.1) is 13.0 Å². The molecular weight excluding hydrogens is 413 g/mol. The summed E-state index contributed by atoms with van der Waals surface area (Å²) in [5.74, 6) is -0.557. The highest BCUT2D eigenvalue weighted by Crippen LogP contribution is 2.30. The zero-order valence-electron chi connectivity index (χ0n) is 16.3. The van der Waals surface area contributed by atoms with Gasteiger partial charge in [0.15, 0.2) is 0 Å². The van der Waals surface area contributed by atoms with Gasteiger partial charge in [-0.15, -0.1) is 0 Å². The van der Waals surface area contributed by atoms with E-state index in [4.69, 9.17) is 33.0 Å². The van der Waals surface area contributed by atoms with Gasteiger partial charge in [-0.25, -0.2) is 0 Å². The Balaban J connectivity index is 2.11. The molecule has 2 rings (SSSR count). The van der Waals surface area contributed by atoms with Crippen molar-refractivity contribution in [2.75, 3.05) is 13.2 Å². The third-order valence-electron chi connectivity index (χ3n) is 4.32. The highest BCUT2D eigenvalue weighted by atomic mass is 35.5. The van der Waals surface area contributed by atoms with Gasteiger partial charge in [0.1, 0.15) is 0 Å². The summed E-state index contributed by atoms with van der Waals surface area (Å²) >= 11 is 12.3. The predicted molar refractivity (Wildman–Crippen MR) is 115 cm³/mol. The van der Waals surface area contributed by atoms with Gasteiger partial charge in [0, 0.05) is 34.7 Å². The van der Waals surface area contributed by atoms with Crippen molar-refractivity contribution in [2.45, 2.75) is 38.6 Å². The second-order valence-electron chi connectivity index (χ2n) is 6.63. The minimum absolute atomic E-state index is 0.0521. The fourth-order valence-corrected chi connectivity index (χ4v) is 3.36. The number of hydrogen-bond donors (Lipinski definition) is 2. The van der Waals surface area contributed by atoms with Crippen molar-refractivity contribution < 1.29 is 19.4 Å². The molecule has 0 aliphatic heterocycles. The normalized spacial score (nSPS) is 11.7. The highest BCUT2D eigenvalue weighted by molar-refractivity contribution is 6.35. The average molecular weight is 438 g/mol. The van der Waals surface area contributed by atoms with Crippen LogP contribution in [0.4, 0.5) is 0 Å². The maximum Gasteiger partial charge on any atom is 0.307 e. The number of nitrogens with one attached hydrogen (secondary N) is 1. The second kappa shape index (κ2) is 11.8. The maximum atomic E-state index is 12.0. The smallest absolute Gasteiger partial charge is 0.307 e. The lowest BCUT2D eigenvalue weighted by atomic mass is 9.99. The Hall–Kier alpha value is -2.08. The lowest BCUT2D eigenvalue weighted by Gasteiger charge is -2.18. The molecule has 1 unspecified atom stereocenters. The molecule has 2 N–H and O–H groups in total.